The summed E-state index contributed by atoms with van der Waals surface area (Å²) in [5.41, 5.74) is 11.2. The summed E-state index contributed by atoms with van der Waals surface area (Å²) in [6.45, 7) is 32.8. The van der Waals surface area contributed by atoms with E-state index in [-0.39, 0.29) is 59.6 Å². The Morgan fingerprint density at radius 3 is 1.48 bits per heavy atom. The van der Waals surface area contributed by atoms with Crippen LogP contribution >= 0.6 is 0 Å². The van der Waals surface area contributed by atoms with E-state index in [4.69, 9.17) is 14.7 Å². The van der Waals surface area contributed by atoms with Gasteiger partial charge in [-0.3, -0.25) is 13.7 Å². The standard InChI is InChI=1S/C62H67N5O3.Pt/c1-58(2,3)37-29-30-47(42(31-37)36-23-18-16-19-24-36)66-50-41-27-22-28-48-49(41)67(55(50)63-54(66)44-33-39(60(7,8)9)35-46(52(44)69)62(13,14)15)56-57(70-48)65(40-25-20-17-21-26-40)53(64-56)43-32-38(59(4,5)6)34-45(51(43)68)61(10,11)12;/h16-35,68-69H,1-15H3;. The number of benzene rings is 6. The van der Waals surface area contributed by atoms with Gasteiger partial charge in [0.15, 0.2) is 23.0 Å². The summed E-state index contributed by atoms with van der Waals surface area (Å²) in [5, 5.41) is 26.2. The molecule has 2 N–H and O–H groups in total. The molecule has 0 saturated carbocycles. The molecule has 6 aromatic carbocycles. The largest absolute Gasteiger partial charge is 0.507 e. The smallest absolute Gasteiger partial charge is 0.250 e. The SMILES string of the molecule is CC(C)(C)c1ccc(-n2c(-c3cc(C(C)(C)C)cc(C(C)(C)C)c3O)nc3c2c2cccc4c2n3-c2nc(-c3cc(C(C)(C)C)cc(C(C)(C)C)c3O)n(-c3ccccc3)c2O4)c(-c2ccccc2)c1.[Pt]. The predicted octanol–water partition coefficient (Wildman–Crippen LogP) is 16.2. The molecule has 71 heavy (non-hydrogen) atoms. The second-order valence-corrected chi connectivity index (χ2v) is 24.5. The van der Waals surface area contributed by atoms with E-state index in [1.54, 1.807) is 0 Å². The van der Waals surface area contributed by atoms with Crippen LogP contribution in [0.1, 0.15) is 132 Å². The van der Waals surface area contributed by atoms with Crippen LogP contribution < -0.4 is 4.74 Å². The number of aromatic nitrogens is 5. The van der Waals surface area contributed by atoms with E-state index in [0.29, 0.717) is 45.9 Å². The van der Waals surface area contributed by atoms with Crippen molar-refractivity contribution in [2.24, 2.45) is 0 Å². The number of rotatable bonds is 5. The number of hydrogen-bond acceptors (Lipinski definition) is 5. The number of phenolic OH excluding ortho intramolecular Hbond substituents is 2. The molecule has 0 saturated heterocycles. The number of ether oxygens (including phenoxy) is 1. The van der Waals surface area contributed by atoms with Gasteiger partial charge in [0.05, 0.1) is 22.5 Å². The zero-order valence-corrected chi connectivity index (χ0v) is 46.2. The first kappa shape index (κ1) is 49.6. The molecule has 0 radical (unpaired) electrons. The molecule has 9 aromatic rings. The van der Waals surface area contributed by atoms with Crippen molar-refractivity contribution in [3.8, 4) is 74.2 Å². The predicted molar refractivity (Wildman–Crippen MR) is 288 cm³/mol. The van der Waals surface area contributed by atoms with Crippen molar-refractivity contribution < 1.29 is 36.0 Å². The molecule has 10 rings (SSSR count). The molecule has 4 heterocycles. The summed E-state index contributed by atoms with van der Waals surface area (Å²) < 4.78 is 13.5. The van der Waals surface area contributed by atoms with E-state index in [1.807, 2.05) is 47.0 Å². The second-order valence-electron chi connectivity index (χ2n) is 24.5. The Bertz CT molecular complexity index is 3540. The Labute approximate surface area is 433 Å². The van der Waals surface area contributed by atoms with Gasteiger partial charge in [-0.25, -0.2) is 9.97 Å². The van der Waals surface area contributed by atoms with Gasteiger partial charge in [0, 0.05) is 43.1 Å². The first-order chi connectivity index (χ1) is 32.7. The minimum atomic E-state index is -0.381. The molecule has 1 aliphatic rings. The quantitative estimate of drug-likeness (QED) is 0.179. The third-order valence-electron chi connectivity index (χ3n) is 14.0. The van der Waals surface area contributed by atoms with Crippen LogP contribution in [0.5, 0.6) is 23.1 Å². The number of imidazole rings is 2. The molecule has 0 bridgehead atoms. The number of phenols is 2. The second kappa shape index (κ2) is 16.9. The third kappa shape index (κ3) is 8.30. The van der Waals surface area contributed by atoms with Gasteiger partial charge in [0.25, 0.3) is 5.88 Å². The van der Waals surface area contributed by atoms with Gasteiger partial charge in [-0.15, -0.1) is 0 Å². The van der Waals surface area contributed by atoms with Crippen LogP contribution in [0, 0.1) is 0 Å². The molecule has 8 nitrogen and oxygen atoms in total. The Morgan fingerprint density at radius 2 is 0.958 bits per heavy atom. The molecule has 0 amide bonds. The summed E-state index contributed by atoms with van der Waals surface area (Å²) >= 11 is 0. The van der Waals surface area contributed by atoms with Crippen molar-refractivity contribution in [1.82, 2.24) is 23.7 Å². The van der Waals surface area contributed by atoms with E-state index < -0.39 is 0 Å². The monoisotopic (exact) mass is 1120 g/mol. The number of hydrogen-bond donors (Lipinski definition) is 2. The summed E-state index contributed by atoms with van der Waals surface area (Å²) in [6.07, 6.45) is 0. The number of fused-ring (bicyclic) bond motifs is 5. The van der Waals surface area contributed by atoms with Gasteiger partial charge in [-0.05, 0) is 91.8 Å². The van der Waals surface area contributed by atoms with Crippen LogP contribution in [-0.2, 0) is 48.1 Å². The first-order valence-corrected chi connectivity index (χ1v) is 24.6. The minimum absolute atomic E-state index is 0. The Balaban J connectivity index is 0.00000624. The van der Waals surface area contributed by atoms with Gasteiger partial charge >= 0.3 is 0 Å². The van der Waals surface area contributed by atoms with Crippen LogP contribution in [0.2, 0.25) is 0 Å². The third-order valence-corrected chi connectivity index (χ3v) is 14.0. The van der Waals surface area contributed by atoms with E-state index in [0.717, 1.165) is 61.2 Å². The normalized spacial score (nSPS) is 13.1. The van der Waals surface area contributed by atoms with Gasteiger partial charge in [0.1, 0.15) is 22.5 Å². The fourth-order valence-corrected chi connectivity index (χ4v) is 9.96. The van der Waals surface area contributed by atoms with Gasteiger partial charge in [0.2, 0.25) is 5.82 Å². The topological polar surface area (TPSA) is 90.3 Å². The maximum atomic E-state index is 12.7. The fourth-order valence-electron chi connectivity index (χ4n) is 9.96. The summed E-state index contributed by atoms with van der Waals surface area (Å²) in [4.78, 5) is 11.4. The number of aromatic hydroxyl groups is 2. The van der Waals surface area contributed by atoms with Crippen molar-refractivity contribution in [3.63, 3.8) is 0 Å². The molecular formula is C62H67N5O3Pt. The summed E-state index contributed by atoms with van der Waals surface area (Å²) in [5.74, 6) is 3.23. The molecule has 368 valence electrons. The van der Waals surface area contributed by atoms with E-state index >= 15 is 0 Å². The van der Waals surface area contributed by atoms with E-state index in [9.17, 15) is 10.2 Å². The Hall–Kier alpha value is -6.37. The average Bonchev–Trinajstić information content (AvgIpc) is 3.95. The molecule has 0 spiro atoms. The maximum Gasteiger partial charge on any atom is 0.250 e. The van der Waals surface area contributed by atoms with Crippen LogP contribution in [0.25, 0.3) is 73.2 Å². The average molecular weight is 1130 g/mol. The molecule has 0 aliphatic carbocycles. The van der Waals surface area contributed by atoms with Crippen molar-refractivity contribution >= 4 is 22.1 Å². The van der Waals surface area contributed by atoms with Gasteiger partial charge < -0.3 is 14.9 Å². The molecule has 9 heteroatoms. The van der Waals surface area contributed by atoms with Crippen LogP contribution in [0.3, 0.4) is 0 Å². The molecular weight excluding hydrogens is 1060 g/mol. The minimum Gasteiger partial charge on any atom is -0.507 e. The van der Waals surface area contributed by atoms with Crippen molar-refractivity contribution in [2.45, 2.75) is 131 Å². The van der Waals surface area contributed by atoms with Crippen molar-refractivity contribution in [1.29, 1.82) is 0 Å². The van der Waals surface area contributed by atoms with Gasteiger partial charge in [-0.1, -0.05) is 183 Å². The first-order valence-electron chi connectivity index (χ1n) is 24.6. The van der Waals surface area contributed by atoms with Crippen LogP contribution in [-0.4, -0.2) is 33.9 Å². The summed E-state index contributed by atoms with van der Waals surface area (Å²) in [7, 11) is 0. The zero-order chi connectivity index (χ0) is 50.2. The van der Waals surface area contributed by atoms with Crippen molar-refractivity contribution in [3.05, 3.63) is 149 Å². The molecule has 3 aromatic heterocycles. The van der Waals surface area contributed by atoms with Crippen LogP contribution in [0.15, 0.2) is 121 Å². The molecule has 1 aliphatic heterocycles. The van der Waals surface area contributed by atoms with E-state index in [2.05, 4.69) is 192 Å². The van der Waals surface area contributed by atoms with Crippen molar-refractivity contribution in [2.75, 3.05) is 0 Å². The number of para-hydroxylation sites is 2. The fraction of sp³-hybridized carbons (Fsp3) is 0.323. The zero-order valence-electron chi connectivity index (χ0n) is 43.9. The van der Waals surface area contributed by atoms with Crippen LogP contribution in [0.4, 0.5) is 0 Å². The van der Waals surface area contributed by atoms with E-state index in [1.165, 1.54) is 5.56 Å². The Morgan fingerprint density at radius 1 is 0.451 bits per heavy atom. The molecule has 0 unspecified atom stereocenters. The molecule has 0 fully saturated rings. The molecule has 0 atom stereocenters. The van der Waals surface area contributed by atoms with Gasteiger partial charge in [-0.2, -0.15) is 0 Å². The summed E-state index contributed by atoms with van der Waals surface area (Å²) in [6, 6.07) is 42.1. The Kier molecular flexibility index (Phi) is 11.8. The number of nitrogens with zero attached hydrogens (tertiary/aromatic N) is 5. The maximum absolute atomic E-state index is 12.7.